The van der Waals surface area contributed by atoms with Crippen molar-refractivity contribution in [1.82, 2.24) is 16.0 Å². The van der Waals surface area contributed by atoms with Crippen LogP contribution in [0.1, 0.15) is 59.8 Å². The maximum Gasteiger partial charge on any atom is 0.326 e. The van der Waals surface area contributed by atoms with Crippen molar-refractivity contribution < 1.29 is 29.1 Å². The first-order valence-electron chi connectivity index (χ1n) is 11.9. The van der Waals surface area contributed by atoms with Gasteiger partial charge in [0.15, 0.2) is 5.96 Å². The quantitative estimate of drug-likeness (QED) is 0.0598. The maximum atomic E-state index is 13.1. The highest BCUT2D eigenvalue weighted by atomic mass is 16.4. The summed E-state index contributed by atoms with van der Waals surface area (Å²) in [6.07, 6.45) is 0.543. The Bertz CT molecular complexity index is 797. The van der Waals surface area contributed by atoms with Crippen molar-refractivity contribution in [3.8, 4) is 0 Å². The van der Waals surface area contributed by atoms with Crippen LogP contribution in [0.15, 0.2) is 4.99 Å². The number of hydrogen-bond acceptors (Lipinski definition) is 7. The van der Waals surface area contributed by atoms with E-state index in [0.717, 1.165) is 0 Å². The lowest BCUT2D eigenvalue weighted by Gasteiger charge is -2.27. The molecule has 36 heavy (non-hydrogen) atoms. The van der Waals surface area contributed by atoms with E-state index in [2.05, 4.69) is 20.9 Å². The molecule has 0 aliphatic carbocycles. The van der Waals surface area contributed by atoms with Crippen molar-refractivity contribution in [2.24, 2.45) is 39.8 Å². The Hall–Kier alpha value is -3.42. The van der Waals surface area contributed by atoms with Crippen molar-refractivity contribution >= 4 is 35.6 Å². The van der Waals surface area contributed by atoms with Gasteiger partial charge in [-0.3, -0.25) is 24.2 Å². The van der Waals surface area contributed by atoms with Crippen molar-refractivity contribution in [1.29, 1.82) is 0 Å². The van der Waals surface area contributed by atoms with Crippen molar-refractivity contribution in [3.63, 3.8) is 0 Å². The molecule has 0 rings (SSSR count). The first-order chi connectivity index (χ1) is 16.6. The van der Waals surface area contributed by atoms with E-state index in [1.807, 2.05) is 13.8 Å². The third-order valence-corrected chi connectivity index (χ3v) is 5.19. The molecule has 14 heteroatoms. The number of primary amides is 1. The monoisotopic (exact) mass is 514 g/mol. The second-order valence-electron chi connectivity index (χ2n) is 9.38. The fourth-order valence-corrected chi connectivity index (χ4v) is 3.22. The average molecular weight is 515 g/mol. The van der Waals surface area contributed by atoms with E-state index >= 15 is 0 Å². The molecule has 0 fully saturated rings. The van der Waals surface area contributed by atoms with Gasteiger partial charge in [0.05, 0.1) is 6.04 Å². The SMILES string of the molecule is CC(C)CC(NC(=O)C(NC(=O)C(CCCN=C(N)N)NC(=O)C(N)CCC(N)=O)C(C)C)C(=O)O. The van der Waals surface area contributed by atoms with Crippen LogP contribution in [0.4, 0.5) is 0 Å². The van der Waals surface area contributed by atoms with Gasteiger partial charge in [-0.2, -0.15) is 0 Å². The summed E-state index contributed by atoms with van der Waals surface area (Å²) in [6.45, 7) is 7.23. The van der Waals surface area contributed by atoms with Gasteiger partial charge in [-0.05, 0) is 37.5 Å². The van der Waals surface area contributed by atoms with E-state index < -0.39 is 59.7 Å². The molecule has 4 amide bonds. The topological polar surface area (TPSA) is 258 Å². The molecule has 4 unspecified atom stereocenters. The molecule has 206 valence electrons. The molecule has 0 aromatic heterocycles. The molecule has 0 aromatic carbocycles. The highest BCUT2D eigenvalue weighted by Gasteiger charge is 2.32. The zero-order valence-electron chi connectivity index (χ0n) is 21.5. The van der Waals surface area contributed by atoms with Gasteiger partial charge < -0.3 is 44.0 Å². The van der Waals surface area contributed by atoms with Crippen LogP contribution in [-0.2, 0) is 24.0 Å². The summed E-state index contributed by atoms with van der Waals surface area (Å²) in [7, 11) is 0. The Labute approximate surface area is 211 Å². The van der Waals surface area contributed by atoms with E-state index in [1.165, 1.54) is 0 Å². The average Bonchev–Trinajstić information content (AvgIpc) is 2.75. The number of carbonyl (C=O) groups excluding carboxylic acids is 4. The molecule has 0 aliphatic rings. The first-order valence-corrected chi connectivity index (χ1v) is 11.9. The van der Waals surface area contributed by atoms with Crippen LogP contribution in [0.2, 0.25) is 0 Å². The highest BCUT2D eigenvalue weighted by Crippen LogP contribution is 2.09. The predicted molar refractivity (Wildman–Crippen MR) is 134 cm³/mol. The van der Waals surface area contributed by atoms with Crippen LogP contribution in [-0.4, -0.2) is 71.4 Å². The zero-order chi connectivity index (χ0) is 28.0. The van der Waals surface area contributed by atoms with Crippen molar-refractivity contribution in [3.05, 3.63) is 0 Å². The van der Waals surface area contributed by atoms with E-state index in [1.54, 1.807) is 13.8 Å². The number of carboxylic acids is 1. The number of rotatable bonds is 17. The predicted octanol–water partition coefficient (Wildman–Crippen LogP) is -2.13. The number of nitrogens with two attached hydrogens (primary N) is 4. The summed E-state index contributed by atoms with van der Waals surface area (Å²) >= 11 is 0. The molecular formula is C22H42N8O6. The Morgan fingerprint density at radius 3 is 1.89 bits per heavy atom. The van der Waals surface area contributed by atoms with Gasteiger partial charge in [-0.25, -0.2) is 4.79 Å². The Balaban J connectivity index is 5.53. The van der Waals surface area contributed by atoms with Gasteiger partial charge in [-0.1, -0.05) is 27.7 Å². The molecule has 14 nitrogen and oxygen atoms in total. The summed E-state index contributed by atoms with van der Waals surface area (Å²) in [5.74, 6) is -4.30. The smallest absolute Gasteiger partial charge is 0.326 e. The molecule has 0 saturated carbocycles. The van der Waals surface area contributed by atoms with Crippen LogP contribution in [0.3, 0.4) is 0 Å². The fourth-order valence-electron chi connectivity index (χ4n) is 3.22. The molecule has 0 spiro atoms. The minimum absolute atomic E-state index is 0.00698. The second kappa shape index (κ2) is 16.3. The molecule has 0 radical (unpaired) electrons. The van der Waals surface area contributed by atoms with E-state index in [0.29, 0.717) is 6.42 Å². The lowest BCUT2D eigenvalue weighted by Crippen LogP contribution is -2.58. The van der Waals surface area contributed by atoms with Crippen molar-refractivity contribution in [2.75, 3.05) is 6.54 Å². The number of amides is 4. The number of nitrogens with one attached hydrogen (secondary N) is 3. The number of aliphatic imine (C=N–C) groups is 1. The summed E-state index contributed by atoms with van der Waals surface area (Å²) in [6, 6.07) is -4.35. The molecule has 4 atom stereocenters. The Kier molecular flexibility index (Phi) is 14.7. The summed E-state index contributed by atoms with van der Waals surface area (Å²) in [4.78, 5) is 64.8. The maximum absolute atomic E-state index is 13.1. The number of carboxylic acid groups (broad SMARTS) is 1. The van der Waals surface area contributed by atoms with E-state index in [4.69, 9.17) is 22.9 Å². The summed E-state index contributed by atoms with van der Waals surface area (Å²) < 4.78 is 0. The van der Waals surface area contributed by atoms with Crippen LogP contribution in [0, 0.1) is 11.8 Å². The number of aliphatic carboxylic acids is 1. The minimum atomic E-state index is -1.18. The molecule has 0 saturated heterocycles. The van der Waals surface area contributed by atoms with Gasteiger partial charge in [0.1, 0.15) is 18.1 Å². The third kappa shape index (κ3) is 13.5. The number of carbonyl (C=O) groups is 5. The minimum Gasteiger partial charge on any atom is -0.480 e. The van der Waals surface area contributed by atoms with Crippen LogP contribution < -0.4 is 38.9 Å². The summed E-state index contributed by atoms with van der Waals surface area (Å²) in [5.41, 5.74) is 21.5. The van der Waals surface area contributed by atoms with Gasteiger partial charge >= 0.3 is 5.97 Å². The normalized spacial score (nSPS) is 14.3. The largest absolute Gasteiger partial charge is 0.480 e. The van der Waals surface area contributed by atoms with Crippen LogP contribution in [0.25, 0.3) is 0 Å². The third-order valence-electron chi connectivity index (χ3n) is 5.19. The lowest BCUT2D eigenvalue weighted by atomic mass is 9.99. The Morgan fingerprint density at radius 1 is 0.833 bits per heavy atom. The van der Waals surface area contributed by atoms with Gasteiger partial charge in [0.25, 0.3) is 0 Å². The number of guanidine groups is 1. The molecule has 12 N–H and O–H groups in total. The van der Waals surface area contributed by atoms with Gasteiger partial charge in [-0.15, -0.1) is 0 Å². The van der Waals surface area contributed by atoms with Crippen molar-refractivity contribution in [2.45, 2.75) is 84.0 Å². The van der Waals surface area contributed by atoms with E-state index in [-0.39, 0.29) is 44.1 Å². The first kappa shape index (κ1) is 32.6. The van der Waals surface area contributed by atoms with Gasteiger partial charge in [0.2, 0.25) is 23.6 Å². The van der Waals surface area contributed by atoms with Crippen LogP contribution in [0.5, 0.6) is 0 Å². The number of hydrogen-bond donors (Lipinski definition) is 8. The highest BCUT2D eigenvalue weighted by molar-refractivity contribution is 5.94. The molecular weight excluding hydrogens is 472 g/mol. The number of nitrogens with zero attached hydrogens (tertiary/aromatic N) is 1. The molecule has 0 bridgehead atoms. The van der Waals surface area contributed by atoms with Gasteiger partial charge in [0, 0.05) is 13.0 Å². The summed E-state index contributed by atoms with van der Waals surface area (Å²) in [5, 5.41) is 17.0. The second-order valence-corrected chi connectivity index (χ2v) is 9.38. The fraction of sp³-hybridized carbons (Fsp3) is 0.727. The van der Waals surface area contributed by atoms with Crippen LogP contribution >= 0.6 is 0 Å². The molecule has 0 aliphatic heterocycles. The zero-order valence-corrected chi connectivity index (χ0v) is 21.5. The Morgan fingerprint density at radius 2 is 1.42 bits per heavy atom. The molecule has 0 heterocycles. The van der Waals surface area contributed by atoms with E-state index in [9.17, 15) is 29.1 Å². The standard InChI is InChI=1S/C22H42N8O6/c1-11(2)10-15(21(35)36)29-20(34)17(12(3)4)30-19(33)14(6-5-9-27-22(25)26)28-18(32)13(23)7-8-16(24)31/h11-15,17H,5-10,23H2,1-4H3,(H2,24,31)(H,28,32)(H,29,34)(H,30,33)(H,35,36)(H4,25,26,27). The lowest BCUT2D eigenvalue weighted by molar-refractivity contribution is -0.143. The molecule has 0 aromatic rings.